The van der Waals surface area contributed by atoms with Crippen molar-refractivity contribution in [1.82, 2.24) is 4.98 Å². The number of hydrogen-bond acceptors (Lipinski definition) is 3. The molecule has 0 saturated heterocycles. The van der Waals surface area contributed by atoms with Crippen LogP contribution in [0.15, 0.2) is 28.7 Å². The van der Waals surface area contributed by atoms with Gasteiger partial charge in [-0.25, -0.2) is 4.98 Å². The Labute approximate surface area is 102 Å². The quantitative estimate of drug-likeness (QED) is 0.880. The summed E-state index contributed by atoms with van der Waals surface area (Å²) in [6, 6.07) is 8.12. The molecule has 2 rings (SSSR count). The summed E-state index contributed by atoms with van der Waals surface area (Å²) in [6.07, 6.45) is 0. The summed E-state index contributed by atoms with van der Waals surface area (Å²) < 4.78 is 5.66. The van der Waals surface area contributed by atoms with E-state index in [4.69, 9.17) is 10.2 Å². The highest BCUT2D eigenvalue weighted by Gasteiger charge is 2.13. The van der Waals surface area contributed by atoms with Crippen molar-refractivity contribution >= 4 is 0 Å². The first-order chi connectivity index (χ1) is 8.11. The number of benzene rings is 1. The van der Waals surface area contributed by atoms with Crippen LogP contribution in [0.2, 0.25) is 0 Å². The van der Waals surface area contributed by atoms with Crippen molar-refractivity contribution in [2.75, 3.05) is 0 Å². The fourth-order valence-corrected chi connectivity index (χ4v) is 1.78. The first-order valence-electron chi connectivity index (χ1n) is 5.88. The Kier molecular flexibility index (Phi) is 3.29. The van der Waals surface area contributed by atoms with Gasteiger partial charge in [0.05, 0.1) is 0 Å². The number of nitrogens with two attached hydrogens (primary N) is 1. The predicted octanol–water partition coefficient (Wildman–Crippen LogP) is 3.23. The van der Waals surface area contributed by atoms with Gasteiger partial charge in [-0.05, 0) is 18.6 Å². The van der Waals surface area contributed by atoms with E-state index in [0.717, 1.165) is 28.5 Å². The van der Waals surface area contributed by atoms with E-state index < -0.39 is 0 Å². The third kappa shape index (κ3) is 2.39. The van der Waals surface area contributed by atoms with Gasteiger partial charge < -0.3 is 10.2 Å². The third-order valence-corrected chi connectivity index (χ3v) is 2.74. The highest BCUT2D eigenvalue weighted by atomic mass is 16.4. The van der Waals surface area contributed by atoms with Crippen molar-refractivity contribution in [3.8, 4) is 11.3 Å². The molecule has 1 heterocycles. The second-order valence-corrected chi connectivity index (χ2v) is 4.52. The SMILES string of the molecule is Cc1oc(C(C)C)nc1-c1cccc(CN)c1. The Morgan fingerprint density at radius 3 is 2.71 bits per heavy atom. The number of aromatic nitrogens is 1. The van der Waals surface area contributed by atoms with E-state index in [-0.39, 0.29) is 0 Å². The van der Waals surface area contributed by atoms with Crippen LogP contribution in [0.4, 0.5) is 0 Å². The smallest absolute Gasteiger partial charge is 0.197 e. The molecule has 2 aromatic rings. The Bertz CT molecular complexity index is 515. The van der Waals surface area contributed by atoms with Gasteiger partial charge in [-0.1, -0.05) is 32.0 Å². The Morgan fingerprint density at radius 2 is 2.12 bits per heavy atom. The molecule has 17 heavy (non-hydrogen) atoms. The number of hydrogen-bond donors (Lipinski definition) is 1. The normalized spacial score (nSPS) is 11.1. The van der Waals surface area contributed by atoms with E-state index in [9.17, 15) is 0 Å². The van der Waals surface area contributed by atoms with Gasteiger partial charge in [0.15, 0.2) is 5.89 Å². The molecule has 0 fully saturated rings. The molecule has 0 radical (unpaired) electrons. The van der Waals surface area contributed by atoms with Crippen molar-refractivity contribution in [2.24, 2.45) is 5.73 Å². The maximum atomic E-state index is 5.66. The summed E-state index contributed by atoms with van der Waals surface area (Å²) in [5.41, 5.74) is 8.74. The number of nitrogens with zero attached hydrogens (tertiary/aromatic N) is 1. The van der Waals surface area contributed by atoms with Gasteiger partial charge in [-0.15, -0.1) is 0 Å². The Morgan fingerprint density at radius 1 is 1.35 bits per heavy atom. The van der Waals surface area contributed by atoms with Crippen molar-refractivity contribution in [3.05, 3.63) is 41.5 Å². The van der Waals surface area contributed by atoms with Gasteiger partial charge in [-0.3, -0.25) is 0 Å². The zero-order valence-corrected chi connectivity index (χ0v) is 10.5. The van der Waals surface area contributed by atoms with Crippen LogP contribution in [-0.2, 0) is 6.54 Å². The van der Waals surface area contributed by atoms with Crippen molar-refractivity contribution in [1.29, 1.82) is 0 Å². The van der Waals surface area contributed by atoms with Gasteiger partial charge in [0.25, 0.3) is 0 Å². The highest BCUT2D eigenvalue weighted by Crippen LogP contribution is 2.26. The molecule has 0 bridgehead atoms. The summed E-state index contributed by atoms with van der Waals surface area (Å²) in [4.78, 5) is 4.55. The van der Waals surface area contributed by atoms with Crippen molar-refractivity contribution in [3.63, 3.8) is 0 Å². The fourth-order valence-electron chi connectivity index (χ4n) is 1.78. The average molecular weight is 230 g/mol. The Balaban J connectivity index is 2.45. The minimum Gasteiger partial charge on any atom is -0.445 e. The summed E-state index contributed by atoms with van der Waals surface area (Å²) >= 11 is 0. The van der Waals surface area contributed by atoms with E-state index in [2.05, 4.69) is 24.9 Å². The minimum atomic E-state index is 0.306. The first kappa shape index (κ1) is 11.9. The molecule has 2 N–H and O–H groups in total. The molecule has 1 aromatic carbocycles. The molecule has 0 amide bonds. The zero-order chi connectivity index (χ0) is 12.4. The molecule has 1 aromatic heterocycles. The summed E-state index contributed by atoms with van der Waals surface area (Å²) in [6.45, 7) is 6.64. The van der Waals surface area contributed by atoms with Gasteiger partial charge >= 0.3 is 0 Å². The second kappa shape index (κ2) is 4.72. The van der Waals surface area contributed by atoms with Gasteiger partial charge in [0.2, 0.25) is 0 Å². The van der Waals surface area contributed by atoms with Crippen LogP contribution in [0, 0.1) is 6.92 Å². The summed E-state index contributed by atoms with van der Waals surface area (Å²) in [7, 11) is 0. The largest absolute Gasteiger partial charge is 0.445 e. The van der Waals surface area contributed by atoms with E-state index >= 15 is 0 Å². The lowest BCUT2D eigenvalue weighted by atomic mass is 10.1. The molecule has 3 nitrogen and oxygen atoms in total. The van der Waals surface area contributed by atoms with Crippen LogP contribution in [0.25, 0.3) is 11.3 Å². The Hall–Kier alpha value is -1.61. The van der Waals surface area contributed by atoms with Gasteiger partial charge in [0.1, 0.15) is 11.5 Å². The minimum absolute atomic E-state index is 0.306. The third-order valence-electron chi connectivity index (χ3n) is 2.74. The lowest BCUT2D eigenvalue weighted by Gasteiger charge is -2.00. The molecular formula is C14H18N2O. The number of oxazole rings is 1. The van der Waals surface area contributed by atoms with E-state index in [1.165, 1.54) is 0 Å². The molecule has 0 aliphatic carbocycles. The molecule has 3 heteroatoms. The van der Waals surface area contributed by atoms with Crippen molar-refractivity contribution < 1.29 is 4.42 Å². The van der Waals surface area contributed by atoms with Gasteiger partial charge in [0, 0.05) is 18.0 Å². The molecular weight excluding hydrogens is 212 g/mol. The zero-order valence-electron chi connectivity index (χ0n) is 10.5. The molecule has 0 aliphatic heterocycles. The lowest BCUT2D eigenvalue weighted by Crippen LogP contribution is -1.96. The monoisotopic (exact) mass is 230 g/mol. The molecule has 0 unspecified atom stereocenters. The van der Waals surface area contributed by atoms with Crippen LogP contribution < -0.4 is 5.73 Å². The molecule has 0 atom stereocenters. The molecule has 0 spiro atoms. The van der Waals surface area contributed by atoms with E-state index in [1.54, 1.807) is 0 Å². The van der Waals surface area contributed by atoms with Crippen molar-refractivity contribution in [2.45, 2.75) is 33.2 Å². The van der Waals surface area contributed by atoms with Gasteiger partial charge in [-0.2, -0.15) is 0 Å². The molecule has 0 aliphatic rings. The topological polar surface area (TPSA) is 52.0 Å². The van der Waals surface area contributed by atoms with Crippen LogP contribution >= 0.6 is 0 Å². The fraction of sp³-hybridized carbons (Fsp3) is 0.357. The lowest BCUT2D eigenvalue weighted by molar-refractivity contribution is 0.450. The average Bonchev–Trinajstić information content (AvgIpc) is 2.72. The number of rotatable bonds is 3. The van der Waals surface area contributed by atoms with Crippen LogP contribution in [0.5, 0.6) is 0 Å². The molecule has 90 valence electrons. The number of aryl methyl sites for hydroxylation is 1. The van der Waals surface area contributed by atoms with E-state index in [0.29, 0.717) is 12.5 Å². The van der Waals surface area contributed by atoms with Crippen LogP contribution in [0.1, 0.15) is 37.0 Å². The summed E-state index contributed by atoms with van der Waals surface area (Å²) in [5, 5.41) is 0. The maximum absolute atomic E-state index is 5.66. The maximum Gasteiger partial charge on any atom is 0.197 e. The highest BCUT2D eigenvalue weighted by molar-refractivity contribution is 5.62. The van der Waals surface area contributed by atoms with Crippen LogP contribution in [-0.4, -0.2) is 4.98 Å². The predicted molar refractivity (Wildman–Crippen MR) is 68.7 cm³/mol. The van der Waals surface area contributed by atoms with E-state index in [1.807, 2.05) is 25.1 Å². The first-order valence-corrected chi connectivity index (χ1v) is 5.88. The summed E-state index contributed by atoms with van der Waals surface area (Å²) in [5.74, 6) is 1.96. The second-order valence-electron chi connectivity index (χ2n) is 4.52. The molecule has 0 saturated carbocycles. The van der Waals surface area contributed by atoms with Crippen LogP contribution in [0.3, 0.4) is 0 Å². The standard InChI is InChI=1S/C14H18N2O/c1-9(2)14-16-13(10(3)17-14)12-6-4-5-11(7-12)8-15/h4-7,9H,8,15H2,1-3H3.